The van der Waals surface area contributed by atoms with Gasteiger partial charge in [0.25, 0.3) is 5.91 Å². The minimum absolute atomic E-state index is 0.0649. The van der Waals surface area contributed by atoms with Gasteiger partial charge >= 0.3 is 0 Å². The molecule has 3 aromatic carbocycles. The Morgan fingerprint density at radius 2 is 1.56 bits per heavy atom. The second kappa shape index (κ2) is 6.73. The fourth-order valence-corrected chi connectivity index (χ4v) is 3.66. The number of rotatable bonds is 2. The number of benzene rings is 3. The highest BCUT2D eigenvalue weighted by molar-refractivity contribution is 6.30. The summed E-state index contributed by atoms with van der Waals surface area (Å²) in [5.41, 5.74) is 4.31. The molecule has 1 atom stereocenters. The first kappa shape index (κ1) is 15.9. The van der Waals surface area contributed by atoms with Crippen LogP contribution in [0, 0.1) is 0 Å². The van der Waals surface area contributed by atoms with Gasteiger partial charge in [-0.2, -0.15) is 0 Å². The zero-order chi connectivity index (χ0) is 17.2. The summed E-state index contributed by atoms with van der Waals surface area (Å²) in [4.78, 5) is 15.1. The van der Waals surface area contributed by atoms with Gasteiger partial charge in [0, 0.05) is 17.1 Å². The predicted octanol–water partition coefficient (Wildman–Crippen LogP) is 5.13. The number of nitrogens with zero attached hydrogens (tertiary/aromatic N) is 1. The Bertz CT molecular complexity index is 889. The van der Waals surface area contributed by atoms with Crippen LogP contribution >= 0.6 is 11.6 Å². The van der Waals surface area contributed by atoms with Crippen LogP contribution in [0.15, 0.2) is 78.9 Å². The number of hydrogen-bond donors (Lipinski definition) is 0. The van der Waals surface area contributed by atoms with Crippen molar-refractivity contribution in [2.45, 2.75) is 12.5 Å². The molecule has 0 aromatic heterocycles. The first-order valence-electron chi connectivity index (χ1n) is 8.43. The molecule has 0 bridgehead atoms. The molecule has 0 unspecified atom stereocenters. The quantitative estimate of drug-likeness (QED) is 0.629. The molecule has 1 aliphatic heterocycles. The summed E-state index contributed by atoms with van der Waals surface area (Å²) in [5, 5.41) is 0.703. The number of carbonyl (C=O) groups is 1. The van der Waals surface area contributed by atoms with Crippen LogP contribution in [0.4, 0.5) is 0 Å². The fourth-order valence-electron chi connectivity index (χ4n) is 3.54. The second-order valence-corrected chi connectivity index (χ2v) is 6.70. The van der Waals surface area contributed by atoms with Crippen molar-refractivity contribution in [1.29, 1.82) is 0 Å². The van der Waals surface area contributed by atoms with Crippen LogP contribution in [0.1, 0.15) is 33.1 Å². The Morgan fingerprint density at radius 3 is 2.32 bits per heavy atom. The third kappa shape index (κ3) is 3.06. The Kier molecular flexibility index (Phi) is 4.29. The molecule has 25 heavy (non-hydrogen) atoms. The molecule has 3 heteroatoms. The second-order valence-electron chi connectivity index (χ2n) is 6.27. The fraction of sp³-hybridized carbons (Fsp3) is 0.136. The zero-order valence-electron chi connectivity index (χ0n) is 13.7. The normalized spacial score (nSPS) is 16.4. The van der Waals surface area contributed by atoms with E-state index in [0.717, 1.165) is 17.5 Å². The van der Waals surface area contributed by atoms with Gasteiger partial charge in [0.15, 0.2) is 0 Å². The molecule has 0 saturated heterocycles. The highest BCUT2D eigenvalue weighted by Crippen LogP contribution is 2.36. The molecule has 3 aromatic rings. The summed E-state index contributed by atoms with van der Waals surface area (Å²) in [7, 11) is 0. The summed E-state index contributed by atoms with van der Waals surface area (Å²) in [6.45, 7) is 0.706. The first-order valence-corrected chi connectivity index (χ1v) is 8.81. The molecule has 0 N–H and O–H groups in total. The van der Waals surface area contributed by atoms with Crippen LogP contribution in [0.5, 0.6) is 0 Å². The lowest BCUT2D eigenvalue weighted by molar-refractivity contribution is 0.0694. The van der Waals surface area contributed by atoms with E-state index >= 15 is 0 Å². The van der Waals surface area contributed by atoms with Gasteiger partial charge in [-0.25, -0.2) is 0 Å². The Hall–Kier alpha value is -2.58. The van der Waals surface area contributed by atoms with Crippen LogP contribution in [-0.2, 0) is 6.42 Å². The van der Waals surface area contributed by atoms with E-state index in [1.807, 2.05) is 65.6 Å². The SMILES string of the molecule is O=C(c1ccccc1)N1CCc2ccccc2[C@H]1c1ccc(Cl)cc1. The molecular weight excluding hydrogens is 330 g/mol. The van der Waals surface area contributed by atoms with Crippen molar-refractivity contribution in [3.8, 4) is 0 Å². The Labute approximate surface area is 152 Å². The lowest BCUT2D eigenvalue weighted by atomic mass is 9.88. The van der Waals surface area contributed by atoms with E-state index in [0.29, 0.717) is 11.6 Å². The highest BCUT2D eigenvalue weighted by atomic mass is 35.5. The summed E-state index contributed by atoms with van der Waals surface area (Å²) >= 11 is 6.07. The largest absolute Gasteiger partial charge is 0.327 e. The van der Waals surface area contributed by atoms with Crippen molar-refractivity contribution in [1.82, 2.24) is 4.90 Å². The van der Waals surface area contributed by atoms with Gasteiger partial charge in [-0.05, 0) is 47.4 Å². The molecule has 0 radical (unpaired) electrons. The van der Waals surface area contributed by atoms with E-state index in [-0.39, 0.29) is 11.9 Å². The van der Waals surface area contributed by atoms with E-state index in [1.165, 1.54) is 11.1 Å². The van der Waals surface area contributed by atoms with E-state index in [1.54, 1.807) is 0 Å². The van der Waals surface area contributed by atoms with E-state index < -0.39 is 0 Å². The molecular formula is C22H18ClNO. The molecule has 0 spiro atoms. The lowest BCUT2D eigenvalue weighted by Crippen LogP contribution is -2.40. The molecule has 124 valence electrons. The topological polar surface area (TPSA) is 20.3 Å². The van der Waals surface area contributed by atoms with Gasteiger partial charge in [0.1, 0.15) is 0 Å². The maximum absolute atomic E-state index is 13.2. The Morgan fingerprint density at radius 1 is 0.880 bits per heavy atom. The van der Waals surface area contributed by atoms with E-state index in [2.05, 4.69) is 18.2 Å². The van der Waals surface area contributed by atoms with E-state index in [9.17, 15) is 4.79 Å². The van der Waals surface area contributed by atoms with Crippen molar-refractivity contribution < 1.29 is 4.79 Å². The minimum Gasteiger partial charge on any atom is -0.327 e. The zero-order valence-corrected chi connectivity index (χ0v) is 14.5. The van der Waals surface area contributed by atoms with Gasteiger partial charge in [0.2, 0.25) is 0 Å². The molecule has 0 fully saturated rings. The Balaban J connectivity index is 1.80. The summed E-state index contributed by atoms with van der Waals surface area (Å²) in [6, 6.07) is 25.6. The number of fused-ring (bicyclic) bond motifs is 1. The molecule has 0 aliphatic carbocycles. The highest BCUT2D eigenvalue weighted by Gasteiger charge is 2.32. The van der Waals surface area contributed by atoms with Gasteiger partial charge < -0.3 is 4.90 Å². The number of hydrogen-bond acceptors (Lipinski definition) is 1. The minimum atomic E-state index is -0.0880. The summed E-state index contributed by atoms with van der Waals surface area (Å²) in [6.07, 6.45) is 0.874. The smallest absolute Gasteiger partial charge is 0.254 e. The van der Waals surface area contributed by atoms with Crippen LogP contribution in [0.2, 0.25) is 5.02 Å². The maximum Gasteiger partial charge on any atom is 0.254 e. The maximum atomic E-state index is 13.2. The number of halogens is 1. The summed E-state index contributed by atoms with van der Waals surface area (Å²) < 4.78 is 0. The number of amides is 1. The van der Waals surface area contributed by atoms with Gasteiger partial charge in [-0.1, -0.05) is 66.2 Å². The van der Waals surface area contributed by atoms with Crippen molar-refractivity contribution in [2.24, 2.45) is 0 Å². The summed E-state index contributed by atoms with van der Waals surface area (Å²) in [5.74, 6) is 0.0649. The molecule has 1 heterocycles. The molecule has 4 rings (SSSR count). The number of carbonyl (C=O) groups excluding carboxylic acids is 1. The van der Waals surface area contributed by atoms with Gasteiger partial charge in [-0.15, -0.1) is 0 Å². The lowest BCUT2D eigenvalue weighted by Gasteiger charge is -2.38. The predicted molar refractivity (Wildman–Crippen MR) is 101 cm³/mol. The van der Waals surface area contributed by atoms with Crippen molar-refractivity contribution in [3.05, 3.63) is 106 Å². The third-order valence-corrected chi connectivity index (χ3v) is 5.00. The van der Waals surface area contributed by atoms with Crippen molar-refractivity contribution >= 4 is 17.5 Å². The van der Waals surface area contributed by atoms with Crippen molar-refractivity contribution in [2.75, 3.05) is 6.54 Å². The molecule has 2 nitrogen and oxygen atoms in total. The molecule has 1 amide bonds. The molecule has 1 aliphatic rings. The van der Waals surface area contributed by atoms with Gasteiger partial charge in [-0.3, -0.25) is 4.79 Å². The van der Waals surface area contributed by atoms with Crippen LogP contribution in [-0.4, -0.2) is 17.4 Å². The van der Waals surface area contributed by atoms with Gasteiger partial charge in [0.05, 0.1) is 6.04 Å². The molecule has 0 saturated carbocycles. The van der Waals surface area contributed by atoms with Crippen LogP contribution < -0.4 is 0 Å². The monoisotopic (exact) mass is 347 g/mol. The van der Waals surface area contributed by atoms with Crippen LogP contribution in [0.3, 0.4) is 0 Å². The van der Waals surface area contributed by atoms with E-state index in [4.69, 9.17) is 11.6 Å². The van der Waals surface area contributed by atoms with Crippen LogP contribution in [0.25, 0.3) is 0 Å². The average Bonchev–Trinajstić information content (AvgIpc) is 2.68. The average molecular weight is 348 g/mol. The van der Waals surface area contributed by atoms with Crippen molar-refractivity contribution in [3.63, 3.8) is 0 Å². The third-order valence-electron chi connectivity index (χ3n) is 4.75. The standard InChI is InChI=1S/C22H18ClNO/c23-19-12-10-17(11-13-19)21-20-9-5-4-6-16(20)14-15-24(21)22(25)18-7-2-1-3-8-18/h1-13,21H,14-15H2/t21-/m1/s1. The first-order chi connectivity index (χ1) is 12.2.